The molecule has 3 aliphatic rings. The molecule has 0 unspecified atom stereocenters. The molecule has 0 radical (unpaired) electrons. The second-order valence-electron chi connectivity index (χ2n) is 7.30. The maximum atomic E-state index is 2.53. The van der Waals surface area contributed by atoms with Crippen LogP contribution in [-0.4, -0.2) is 0 Å². The smallest absolute Gasteiger partial charge is 0.0289 e. The predicted octanol–water partition coefficient (Wildman–Crippen LogP) is 4.35. The van der Waals surface area contributed by atoms with Gasteiger partial charge in [0.15, 0.2) is 0 Å². The monoisotopic (exact) mass is 206 g/mol. The number of fused-ring (bicyclic) bond motifs is 3. The lowest BCUT2D eigenvalue weighted by atomic mass is 9.77. The number of rotatable bonds is 0. The summed E-state index contributed by atoms with van der Waals surface area (Å²) in [6.07, 6.45) is 6.09. The van der Waals surface area contributed by atoms with E-state index in [1.54, 1.807) is 0 Å². The summed E-state index contributed by atoms with van der Waals surface area (Å²) in [5.41, 5.74) is 0.696. The fourth-order valence-corrected chi connectivity index (χ4v) is 5.31. The lowest BCUT2D eigenvalue weighted by Gasteiger charge is -2.28. The zero-order chi connectivity index (χ0) is 10.8. The third kappa shape index (κ3) is 1.26. The molecule has 3 fully saturated rings. The highest BCUT2D eigenvalue weighted by Gasteiger charge is 2.64. The van der Waals surface area contributed by atoms with Crippen LogP contribution in [0.5, 0.6) is 0 Å². The molecule has 0 aromatic heterocycles. The van der Waals surface area contributed by atoms with Crippen molar-refractivity contribution in [3.8, 4) is 0 Å². The first-order chi connectivity index (χ1) is 7.03. The van der Waals surface area contributed by atoms with Crippen LogP contribution in [0.1, 0.15) is 53.4 Å². The van der Waals surface area contributed by atoms with E-state index in [4.69, 9.17) is 0 Å². The topological polar surface area (TPSA) is 0 Å². The molecular formula is C15H26. The van der Waals surface area contributed by atoms with Crippen LogP contribution >= 0.6 is 0 Å². The Morgan fingerprint density at radius 2 is 1.53 bits per heavy atom. The molecule has 0 aromatic rings. The molecular weight excluding hydrogens is 180 g/mol. The molecule has 86 valence electrons. The molecule has 0 amide bonds. The third-order valence-corrected chi connectivity index (χ3v) is 6.32. The van der Waals surface area contributed by atoms with E-state index in [1.807, 2.05) is 0 Å². The Hall–Kier alpha value is 0. The second-order valence-corrected chi connectivity index (χ2v) is 7.30. The molecule has 0 heterocycles. The molecule has 0 N–H and O–H groups in total. The van der Waals surface area contributed by atoms with Crippen LogP contribution in [0.15, 0.2) is 0 Å². The van der Waals surface area contributed by atoms with E-state index in [2.05, 4.69) is 27.7 Å². The van der Waals surface area contributed by atoms with Gasteiger partial charge in [-0.2, -0.15) is 0 Å². The van der Waals surface area contributed by atoms with Crippen molar-refractivity contribution in [2.24, 2.45) is 40.9 Å². The molecule has 15 heavy (non-hydrogen) atoms. The maximum Gasteiger partial charge on any atom is -0.0289 e. The van der Waals surface area contributed by atoms with Gasteiger partial charge in [-0.1, -0.05) is 40.5 Å². The van der Waals surface area contributed by atoms with Gasteiger partial charge in [-0.05, 0) is 53.8 Å². The van der Waals surface area contributed by atoms with Crippen molar-refractivity contribution < 1.29 is 0 Å². The van der Waals surface area contributed by atoms with Gasteiger partial charge in [-0.3, -0.25) is 0 Å². The van der Waals surface area contributed by atoms with Gasteiger partial charge < -0.3 is 0 Å². The van der Waals surface area contributed by atoms with Gasteiger partial charge in [0.25, 0.3) is 0 Å². The molecule has 3 rings (SSSR count). The van der Waals surface area contributed by atoms with Gasteiger partial charge in [0, 0.05) is 0 Å². The predicted molar refractivity (Wildman–Crippen MR) is 64.5 cm³/mol. The van der Waals surface area contributed by atoms with Crippen LogP contribution in [0, 0.1) is 40.9 Å². The van der Waals surface area contributed by atoms with Gasteiger partial charge in [-0.15, -0.1) is 0 Å². The highest BCUT2D eigenvalue weighted by atomic mass is 14.7. The minimum absolute atomic E-state index is 0.696. The zero-order valence-electron chi connectivity index (χ0n) is 10.8. The standard InChI is InChI=1S/C15H26/c1-9-6-8-12-14(15(12,3)4)13-10(2)5-7-11(9)13/h9-14H,5-8H2,1-4H3/t9-,10+,11+,12-,13+,14-/m0/s1. The van der Waals surface area contributed by atoms with E-state index in [1.165, 1.54) is 25.7 Å². The first-order valence-corrected chi connectivity index (χ1v) is 7.03. The fraction of sp³-hybridized carbons (Fsp3) is 1.00. The maximum absolute atomic E-state index is 2.53. The van der Waals surface area contributed by atoms with Crippen molar-refractivity contribution in [1.82, 2.24) is 0 Å². The number of hydrogen-bond donors (Lipinski definition) is 0. The summed E-state index contributed by atoms with van der Waals surface area (Å²) in [5, 5.41) is 0. The molecule has 0 nitrogen and oxygen atoms in total. The summed E-state index contributed by atoms with van der Waals surface area (Å²) in [4.78, 5) is 0. The highest BCUT2D eigenvalue weighted by Crippen LogP contribution is 2.70. The van der Waals surface area contributed by atoms with E-state index in [0.29, 0.717) is 5.41 Å². The van der Waals surface area contributed by atoms with Crippen molar-refractivity contribution in [2.75, 3.05) is 0 Å². The van der Waals surface area contributed by atoms with E-state index in [-0.39, 0.29) is 0 Å². The van der Waals surface area contributed by atoms with Crippen molar-refractivity contribution in [3.63, 3.8) is 0 Å². The summed E-state index contributed by atoms with van der Waals surface area (Å²) in [7, 11) is 0. The summed E-state index contributed by atoms with van der Waals surface area (Å²) in [6, 6.07) is 0. The van der Waals surface area contributed by atoms with E-state index in [0.717, 1.165) is 35.5 Å². The first kappa shape index (κ1) is 10.2. The molecule has 0 bridgehead atoms. The molecule has 0 aliphatic heterocycles. The molecule has 0 saturated heterocycles. The first-order valence-electron chi connectivity index (χ1n) is 7.03. The van der Waals surface area contributed by atoms with E-state index < -0.39 is 0 Å². The Labute approximate surface area is 94.8 Å². The van der Waals surface area contributed by atoms with Gasteiger partial charge in [-0.25, -0.2) is 0 Å². The minimum Gasteiger partial charge on any atom is -0.0622 e. The van der Waals surface area contributed by atoms with Gasteiger partial charge in [0.1, 0.15) is 0 Å². The summed E-state index contributed by atoms with van der Waals surface area (Å²) >= 11 is 0. The Bertz CT molecular complexity index is 265. The summed E-state index contributed by atoms with van der Waals surface area (Å²) < 4.78 is 0. The molecule has 6 atom stereocenters. The fourth-order valence-electron chi connectivity index (χ4n) is 5.31. The van der Waals surface area contributed by atoms with Crippen LogP contribution in [0.25, 0.3) is 0 Å². The Balaban J connectivity index is 1.90. The lowest BCUT2D eigenvalue weighted by Crippen LogP contribution is -2.22. The van der Waals surface area contributed by atoms with Crippen molar-refractivity contribution >= 4 is 0 Å². The molecule has 0 aromatic carbocycles. The SMILES string of the molecule is C[C@@H]1CC[C@H]2[C@@H]1[C@@H]1[C@H](CC[C@@H]2C)C1(C)C. The van der Waals surface area contributed by atoms with Gasteiger partial charge in [0.2, 0.25) is 0 Å². The average molecular weight is 206 g/mol. The highest BCUT2D eigenvalue weighted by molar-refractivity contribution is 5.12. The lowest BCUT2D eigenvalue weighted by molar-refractivity contribution is 0.202. The normalized spacial score (nSPS) is 56.8. The van der Waals surface area contributed by atoms with E-state index in [9.17, 15) is 0 Å². The van der Waals surface area contributed by atoms with E-state index >= 15 is 0 Å². The minimum atomic E-state index is 0.696. The third-order valence-electron chi connectivity index (χ3n) is 6.32. The van der Waals surface area contributed by atoms with Crippen LogP contribution in [0.2, 0.25) is 0 Å². The summed E-state index contributed by atoms with van der Waals surface area (Å²) in [6.45, 7) is 10.1. The second kappa shape index (κ2) is 3.02. The van der Waals surface area contributed by atoms with Crippen molar-refractivity contribution in [1.29, 1.82) is 0 Å². The van der Waals surface area contributed by atoms with Gasteiger partial charge >= 0.3 is 0 Å². The molecule has 3 saturated carbocycles. The Kier molecular flexibility index (Phi) is 2.05. The number of hydrogen-bond acceptors (Lipinski definition) is 0. The Morgan fingerprint density at radius 3 is 2.27 bits per heavy atom. The van der Waals surface area contributed by atoms with Crippen LogP contribution in [0.3, 0.4) is 0 Å². The summed E-state index contributed by atoms with van der Waals surface area (Å²) in [5.74, 6) is 6.37. The zero-order valence-corrected chi connectivity index (χ0v) is 10.8. The van der Waals surface area contributed by atoms with Crippen molar-refractivity contribution in [2.45, 2.75) is 53.4 Å². The molecule has 0 spiro atoms. The van der Waals surface area contributed by atoms with Crippen LogP contribution < -0.4 is 0 Å². The molecule has 3 aliphatic carbocycles. The van der Waals surface area contributed by atoms with Crippen molar-refractivity contribution in [3.05, 3.63) is 0 Å². The van der Waals surface area contributed by atoms with Crippen LogP contribution in [-0.2, 0) is 0 Å². The quantitative estimate of drug-likeness (QED) is 0.553. The van der Waals surface area contributed by atoms with Gasteiger partial charge in [0.05, 0.1) is 0 Å². The largest absolute Gasteiger partial charge is 0.0622 e. The van der Waals surface area contributed by atoms with Crippen LogP contribution in [0.4, 0.5) is 0 Å². The molecule has 0 heteroatoms. The Morgan fingerprint density at radius 1 is 0.867 bits per heavy atom. The average Bonchev–Trinajstić information content (AvgIpc) is 2.55.